The second-order valence-corrected chi connectivity index (χ2v) is 6.50. The van der Waals surface area contributed by atoms with E-state index >= 15 is 0 Å². The van der Waals surface area contributed by atoms with E-state index in [0.29, 0.717) is 37.1 Å². The van der Waals surface area contributed by atoms with Gasteiger partial charge in [0.25, 0.3) is 0 Å². The van der Waals surface area contributed by atoms with Crippen LogP contribution >= 0.6 is 0 Å². The van der Waals surface area contributed by atoms with Crippen molar-refractivity contribution in [1.29, 1.82) is 0 Å². The van der Waals surface area contributed by atoms with Gasteiger partial charge < -0.3 is 20.3 Å². The summed E-state index contributed by atoms with van der Waals surface area (Å²) in [6.07, 6.45) is 2.11. The number of aliphatic imine (C=N–C) groups is 1. The van der Waals surface area contributed by atoms with Gasteiger partial charge in [0.2, 0.25) is 11.8 Å². The first-order valence-corrected chi connectivity index (χ1v) is 10.2. The van der Waals surface area contributed by atoms with Gasteiger partial charge in [-0.25, -0.2) is 14.4 Å². The summed E-state index contributed by atoms with van der Waals surface area (Å²) in [5.74, 6) is 1.41. The lowest BCUT2D eigenvalue weighted by molar-refractivity contribution is -0.130. The molecular weight excluding hydrogens is 385 g/mol. The third kappa shape index (κ3) is 7.69. The molecule has 0 unspecified atom stereocenters. The average molecular weight is 416 g/mol. The minimum absolute atomic E-state index is 0.129. The molecular formula is C22H30FN5O2. The van der Waals surface area contributed by atoms with Gasteiger partial charge in [-0.05, 0) is 50.6 Å². The van der Waals surface area contributed by atoms with Crippen molar-refractivity contribution in [3.05, 3.63) is 54.0 Å². The Morgan fingerprint density at radius 3 is 2.43 bits per heavy atom. The van der Waals surface area contributed by atoms with Crippen LogP contribution in [0.2, 0.25) is 0 Å². The topological polar surface area (TPSA) is 78.9 Å². The summed E-state index contributed by atoms with van der Waals surface area (Å²) < 4.78 is 18.5. The number of hydrogen-bond acceptors (Lipinski definition) is 4. The van der Waals surface area contributed by atoms with Gasteiger partial charge in [-0.1, -0.05) is 6.07 Å². The van der Waals surface area contributed by atoms with E-state index in [1.54, 1.807) is 24.4 Å². The fourth-order valence-electron chi connectivity index (χ4n) is 2.72. The molecule has 0 saturated carbocycles. The number of ether oxygens (including phenoxy) is 1. The van der Waals surface area contributed by atoms with Crippen molar-refractivity contribution in [3.63, 3.8) is 0 Å². The molecule has 0 saturated heterocycles. The van der Waals surface area contributed by atoms with Crippen LogP contribution in [0.4, 0.5) is 4.39 Å². The van der Waals surface area contributed by atoms with Crippen molar-refractivity contribution in [2.24, 2.45) is 4.99 Å². The smallest absolute Gasteiger partial charge is 0.224 e. The van der Waals surface area contributed by atoms with Crippen molar-refractivity contribution in [1.82, 2.24) is 20.5 Å². The van der Waals surface area contributed by atoms with Crippen LogP contribution < -0.4 is 15.4 Å². The second-order valence-electron chi connectivity index (χ2n) is 6.50. The van der Waals surface area contributed by atoms with E-state index in [-0.39, 0.29) is 11.7 Å². The maximum Gasteiger partial charge on any atom is 0.224 e. The summed E-state index contributed by atoms with van der Waals surface area (Å²) in [6.45, 7) is 9.05. The molecule has 1 amide bonds. The highest BCUT2D eigenvalue weighted by Gasteiger charge is 2.09. The van der Waals surface area contributed by atoms with E-state index in [1.807, 2.05) is 31.7 Å². The zero-order chi connectivity index (χ0) is 21.8. The predicted molar refractivity (Wildman–Crippen MR) is 116 cm³/mol. The number of pyridine rings is 1. The number of nitrogens with zero attached hydrogens (tertiary/aromatic N) is 3. The van der Waals surface area contributed by atoms with Crippen LogP contribution in [-0.4, -0.2) is 47.9 Å². The molecule has 1 heterocycles. The van der Waals surface area contributed by atoms with Gasteiger partial charge in [0.05, 0.1) is 6.54 Å². The van der Waals surface area contributed by atoms with Gasteiger partial charge in [0.15, 0.2) is 5.96 Å². The molecule has 0 spiro atoms. The molecule has 8 heteroatoms. The first-order valence-electron chi connectivity index (χ1n) is 10.2. The monoisotopic (exact) mass is 415 g/mol. The van der Waals surface area contributed by atoms with Crippen LogP contribution in [0.1, 0.15) is 32.8 Å². The Balaban J connectivity index is 1.87. The Morgan fingerprint density at radius 2 is 1.83 bits per heavy atom. The van der Waals surface area contributed by atoms with Crippen molar-refractivity contribution in [3.8, 4) is 11.6 Å². The maximum absolute atomic E-state index is 13.0. The van der Waals surface area contributed by atoms with Gasteiger partial charge in [0, 0.05) is 44.9 Å². The first-order chi connectivity index (χ1) is 14.5. The quantitative estimate of drug-likeness (QED) is 0.460. The minimum atomic E-state index is -0.314. The molecule has 30 heavy (non-hydrogen) atoms. The number of halogens is 1. The van der Waals surface area contributed by atoms with E-state index in [4.69, 9.17) is 4.74 Å². The highest BCUT2D eigenvalue weighted by atomic mass is 19.1. The number of amides is 1. The fraction of sp³-hybridized carbons (Fsp3) is 0.409. The van der Waals surface area contributed by atoms with Crippen molar-refractivity contribution in [2.45, 2.75) is 33.7 Å². The van der Waals surface area contributed by atoms with E-state index < -0.39 is 0 Å². The maximum atomic E-state index is 13.0. The number of nitrogens with one attached hydrogen (secondary N) is 2. The van der Waals surface area contributed by atoms with Crippen LogP contribution in [0.5, 0.6) is 11.6 Å². The lowest BCUT2D eigenvalue weighted by Gasteiger charge is -2.19. The normalized spacial score (nSPS) is 11.1. The Labute approximate surface area is 177 Å². The van der Waals surface area contributed by atoms with Gasteiger partial charge in [-0.15, -0.1) is 0 Å². The highest BCUT2D eigenvalue weighted by molar-refractivity contribution is 5.81. The molecule has 0 aliphatic carbocycles. The molecule has 1 aromatic heterocycles. The Bertz CT molecular complexity index is 805. The highest BCUT2D eigenvalue weighted by Crippen LogP contribution is 2.19. The number of carbonyl (C=O) groups excluding carboxylic acids is 1. The minimum Gasteiger partial charge on any atom is -0.439 e. The molecule has 0 radical (unpaired) electrons. The lowest BCUT2D eigenvalue weighted by atomic mass is 10.3. The summed E-state index contributed by atoms with van der Waals surface area (Å²) in [7, 11) is 0. The molecule has 1 aromatic carbocycles. The summed E-state index contributed by atoms with van der Waals surface area (Å²) in [5, 5.41) is 6.36. The number of carbonyl (C=O) groups is 1. The van der Waals surface area contributed by atoms with Crippen LogP contribution in [0.3, 0.4) is 0 Å². The molecule has 0 aliphatic rings. The molecule has 2 N–H and O–H groups in total. The van der Waals surface area contributed by atoms with Crippen molar-refractivity contribution >= 4 is 11.9 Å². The SMILES string of the molecule is CCNC(=NCc1ccc(Oc2ccc(F)cc2)nc1)NCCC(=O)N(CC)CC. The Morgan fingerprint density at radius 1 is 1.10 bits per heavy atom. The van der Waals surface area contributed by atoms with Crippen molar-refractivity contribution in [2.75, 3.05) is 26.2 Å². The number of guanidine groups is 1. The molecule has 0 bridgehead atoms. The molecule has 2 rings (SSSR count). The average Bonchev–Trinajstić information content (AvgIpc) is 2.75. The molecule has 162 valence electrons. The van der Waals surface area contributed by atoms with Gasteiger partial charge in [0.1, 0.15) is 11.6 Å². The number of hydrogen-bond donors (Lipinski definition) is 2. The number of rotatable bonds is 10. The molecule has 7 nitrogen and oxygen atoms in total. The largest absolute Gasteiger partial charge is 0.439 e. The zero-order valence-electron chi connectivity index (χ0n) is 17.8. The van der Waals surface area contributed by atoms with Gasteiger partial charge in [-0.2, -0.15) is 0 Å². The summed E-state index contributed by atoms with van der Waals surface area (Å²) >= 11 is 0. The van der Waals surface area contributed by atoms with Crippen LogP contribution in [0, 0.1) is 5.82 Å². The zero-order valence-corrected chi connectivity index (χ0v) is 17.8. The molecule has 0 fully saturated rings. The van der Waals surface area contributed by atoms with Crippen molar-refractivity contribution < 1.29 is 13.9 Å². The number of aromatic nitrogens is 1. The Kier molecular flexibility index (Phi) is 9.57. The standard InChI is InChI=1S/C22H30FN5O2/c1-4-24-22(25-14-13-21(29)28(5-2)6-3)27-16-17-7-12-20(26-15-17)30-19-10-8-18(23)9-11-19/h7-12,15H,4-6,13-14,16H2,1-3H3,(H2,24,25,27). The molecule has 2 aromatic rings. The van der Waals surface area contributed by atoms with Crippen LogP contribution in [-0.2, 0) is 11.3 Å². The summed E-state index contributed by atoms with van der Waals surface area (Å²) in [6, 6.07) is 9.40. The molecule has 0 aliphatic heterocycles. The Hall–Kier alpha value is -3.16. The van der Waals surface area contributed by atoms with Crippen LogP contribution in [0.25, 0.3) is 0 Å². The van der Waals surface area contributed by atoms with E-state index in [1.165, 1.54) is 12.1 Å². The summed E-state index contributed by atoms with van der Waals surface area (Å²) in [4.78, 5) is 22.7. The fourth-order valence-corrected chi connectivity index (χ4v) is 2.72. The van der Waals surface area contributed by atoms with E-state index in [2.05, 4.69) is 20.6 Å². The third-order valence-corrected chi connectivity index (χ3v) is 4.35. The van der Waals surface area contributed by atoms with E-state index in [0.717, 1.165) is 25.2 Å². The number of benzene rings is 1. The van der Waals surface area contributed by atoms with Gasteiger partial charge >= 0.3 is 0 Å². The predicted octanol–water partition coefficient (Wildman–Crippen LogP) is 3.33. The van der Waals surface area contributed by atoms with Crippen LogP contribution in [0.15, 0.2) is 47.6 Å². The second kappa shape index (κ2) is 12.4. The lowest BCUT2D eigenvalue weighted by Crippen LogP contribution is -2.40. The molecule has 0 atom stereocenters. The van der Waals surface area contributed by atoms with Gasteiger partial charge in [-0.3, -0.25) is 4.79 Å². The third-order valence-electron chi connectivity index (χ3n) is 4.35. The summed E-state index contributed by atoms with van der Waals surface area (Å²) in [5.41, 5.74) is 0.915. The first kappa shape index (κ1) is 23.1. The van der Waals surface area contributed by atoms with E-state index in [9.17, 15) is 9.18 Å².